The number of rotatable bonds is 4. The first kappa shape index (κ1) is 13.9. The van der Waals surface area contributed by atoms with E-state index in [0.717, 1.165) is 4.31 Å². The van der Waals surface area contributed by atoms with Crippen LogP contribution in [0, 0.1) is 17.5 Å². The minimum atomic E-state index is -4.20. The molecule has 0 bridgehead atoms. The third kappa shape index (κ3) is 2.59. The van der Waals surface area contributed by atoms with E-state index in [-0.39, 0.29) is 13.1 Å². The van der Waals surface area contributed by atoms with Gasteiger partial charge >= 0.3 is 0 Å². The highest BCUT2D eigenvalue weighted by Crippen LogP contribution is 2.21. The van der Waals surface area contributed by atoms with Gasteiger partial charge in [-0.2, -0.15) is 4.31 Å². The number of sulfonamides is 1. The molecule has 4 nitrogen and oxygen atoms in total. The number of hydrogen-bond acceptors (Lipinski definition) is 3. The molecule has 0 amide bonds. The Bertz CT molecular complexity index is 519. The summed E-state index contributed by atoms with van der Waals surface area (Å²) in [5.74, 6) is -4.98. The maximum atomic E-state index is 13.3. The second-order valence-corrected chi connectivity index (χ2v) is 5.30. The number of benzene rings is 1. The van der Waals surface area contributed by atoms with Gasteiger partial charge in [-0.25, -0.2) is 21.6 Å². The highest BCUT2D eigenvalue weighted by Gasteiger charge is 2.27. The molecule has 0 atom stereocenters. The molecule has 1 aromatic carbocycles. The molecule has 0 saturated carbocycles. The van der Waals surface area contributed by atoms with Gasteiger partial charge in [0.1, 0.15) is 4.90 Å². The van der Waals surface area contributed by atoms with Crippen molar-refractivity contribution >= 4 is 10.0 Å². The fraction of sp³-hybridized carbons (Fsp3) is 0.333. The van der Waals surface area contributed by atoms with Crippen molar-refractivity contribution in [2.24, 2.45) is 5.73 Å². The van der Waals surface area contributed by atoms with Gasteiger partial charge in [-0.1, -0.05) is 0 Å². The SMILES string of the molecule is CN(CCN)S(=O)(=O)c1ccc(F)c(F)c1F. The fourth-order valence-electron chi connectivity index (χ4n) is 1.18. The molecule has 0 aliphatic rings. The van der Waals surface area contributed by atoms with Crippen molar-refractivity contribution in [1.82, 2.24) is 4.31 Å². The highest BCUT2D eigenvalue weighted by molar-refractivity contribution is 7.89. The van der Waals surface area contributed by atoms with Gasteiger partial charge in [0.15, 0.2) is 17.5 Å². The molecule has 17 heavy (non-hydrogen) atoms. The molecule has 0 heterocycles. The van der Waals surface area contributed by atoms with E-state index in [1.165, 1.54) is 7.05 Å². The van der Waals surface area contributed by atoms with Crippen LogP contribution in [-0.4, -0.2) is 32.9 Å². The minimum absolute atomic E-state index is 0.0288. The zero-order valence-electron chi connectivity index (χ0n) is 8.95. The quantitative estimate of drug-likeness (QED) is 0.817. The lowest BCUT2D eigenvalue weighted by atomic mass is 10.3. The summed E-state index contributed by atoms with van der Waals surface area (Å²) in [7, 11) is -3.03. The van der Waals surface area contributed by atoms with Gasteiger partial charge in [-0.05, 0) is 12.1 Å². The molecule has 0 aliphatic carbocycles. The van der Waals surface area contributed by atoms with Crippen molar-refractivity contribution in [2.45, 2.75) is 4.90 Å². The van der Waals surface area contributed by atoms with Gasteiger partial charge in [0, 0.05) is 20.1 Å². The van der Waals surface area contributed by atoms with Gasteiger partial charge in [0.25, 0.3) is 0 Å². The summed E-state index contributed by atoms with van der Waals surface area (Å²) in [6.45, 7) is -0.0260. The molecule has 0 fully saturated rings. The van der Waals surface area contributed by atoms with E-state index in [9.17, 15) is 21.6 Å². The van der Waals surface area contributed by atoms with Crippen LogP contribution in [0.15, 0.2) is 17.0 Å². The number of hydrogen-bond donors (Lipinski definition) is 1. The Labute approximate surface area is 96.9 Å². The number of likely N-dealkylation sites (N-methyl/N-ethyl adjacent to an activating group) is 1. The largest absolute Gasteiger partial charge is 0.329 e. The summed E-state index contributed by atoms with van der Waals surface area (Å²) in [5.41, 5.74) is 5.16. The van der Waals surface area contributed by atoms with Gasteiger partial charge in [-0.3, -0.25) is 0 Å². The lowest BCUT2D eigenvalue weighted by molar-refractivity contribution is 0.423. The summed E-state index contributed by atoms with van der Waals surface area (Å²) in [4.78, 5) is -0.910. The number of halogens is 3. The molecule has 1 aromatic rings. The maximum absolute atomic E-state index is 13.3. The summed E-state index contributed by atoms with van der Waals surface area (Å²) < 4.78 is 63.1. The van der Waals surface area contributed by atoms with Crippen molar-refractivity contribution in [2.75, 3.05) is 20.1 Å². The lowest BCUT2D eigenvalue weighted by Gasteiger charge is -2.16. The van der Waals surface area contributed by atoms with E-state index in [1.54, 1.807) is 0 Å². The van der Waals surface area contributed by atoms with Crippen LogP contribution in [0.4, 0.5) is 13.2 Å². The Kier molecular flexibility index (Phi) is 4.12. The minimum Gasteiger partial charge on any atom is -0.329 e. The molecule has 2 N–H and O–H groups in total. The third-order valence-electron chi connectivity index (χ3n) is 2.13. The molecule has 0 aliphatic heterocycles. The average molecular weight is 268 g/mol. The predicted molar refractivity (Wildman–Crippen MR) is 55.2 cm³/mol. The summed E-state index contributed by atoms with van der Waals surface area (Å²) in [5, 5.41) is 0. The van der Waals surface area contributed by atoms with Crippen LogP contribution in [0.25, 0.3) is 0 Å². The Morgan fingerprint density at radius 2 is 1.82 bits per heavy atom. The van der Waals surface area contributed by atoms with E-state index in [4.69, 9.17) is 5.73 Å². The predicted octanol–water partition coefficient (Wildman–Crippen LogP) is 0.683. The van der Waals surface area contributed by atoms with E-state index in [1.807, 2.05) is 0 Å². The molecule has 0 spiro atoms. The molecule has 0 aromatic heterocycles. The van der Waals surface area contributed by atoms with E-state index in [2.05, 4.69) is 0 Å². The van der Waals surface area contributed by atoms with Crippen molar-refractivity contribution in [3.8, 4) is 0 Å². The molecule has 0 radical (unpaired) electrons. The van der Waals surface area contributed by atoms with E-state index in [0.29, 0.717) is 12.1 Å². The third-order valence-corrected chi connectivity index (χ3v) is 4.01. The second kappa shape index (κ2) is 5.03. The zero-order valence-corrected chi connectivity index (χ0v) is 9.77. The summed E-state index contributed by atoms with van der Waals surface area (Å²) >= 11 is 0. The zero-order chi connectivity index (χ0) is 13.2. The Balaban J connectivity index is 3.30. The topological polar surface area (TPSA) is 63.4 Å². The number of nitrogens with two attached hydrogens (primary N) is 1. The first-order chi connectivity index (χ1) is 7.82. The van der Waals surface area contributed by atoms with Crippen LogP contribution in [0.2, 0.25) is 0 Å². The van der Waals surface area contributed by atoms with Crippen molar-refractivity contribution in [3.05, 3.63) is 29.6 Å². The van der Waals surface area contributed by atoms with Crippen LogP contribution in [0.1, 0.15) is 0 Å². The summed E-state index contributed by atoms with van der Waals surface area (Å²) in [6, 6.07) is 1.23. The van der Waals surface area contributed by atoms with Crippen LogP contribution in [-0.2, 0) is 10.0 Å². The smallest absolute Gasteiger partial charge is 0.245 e. The molecule has 96 valence electrons. The molecule has 0 saturated heterocycles. The lowest BCUT2D eigenvalue weighted by Crippen LogP contribution is -2.32. The van der Waals surface area contributed by atoms with Crippen molar-refractivity contribution < 1.29 is 21.6 Å². The van der Waals surface area contributed by atoms with E-state index >= 15 is 0 Å². The van der Waals surface area contributed by atoms with Crippen molar-refractivity contribution in [1.29, 1.82) is 0 Å². The van der Waals surface area contributed by atoms with Gasteiger partial charge in [0.05, 0.1) is 0 Å². The van der Waals surface area contributed by atoms with Crippen LogP contribution in [0.3, 0.4) is 0 Å². The Hall–Kier alpha value is -1.12. The molecule has 0 unspecified atom stereocenters. The normalized spacial score (nSPS) is 12.1. The molecular weight excluding hydrogens is 257 g/mol. The summed E-state index contributed by atoms with van der Waals surface area (Å²) in [6.07, 6.45) is 0. The Morgan fingerprint density at radius 1 is 1.24 bits per heavy atom. The van der Waals surface area contributed by atoms with Crippen LogP contribution >= 0.6 is 0 Å². The fourth-order valence-corrected chi connectivity index (χ4v) is 2.41. The van der Waals surface area contributed by atoms with Gasteiger partial charge < -0.3 is 5.73 Å². The molecule has 1 rings (SSSR count). The van der Waals surface area contributed by atoms with Crippen LogP contribution < -0.4 is 5.73 Å². The molecule has 8 heteroatoms. The second-order valence-electron chi connectivity index (χ2n) is 3.29. The average Bonchev–Trinajstić information content (AvgIpc) is 2.26. The first-order valence-corrected chi connectivity index (χ1v) is 6.06. The number of nitrogens with zero attached hydrogens (tertiary/aromatic N) is 1. The Morgan fingerprint density at radius 3 is 2.35 bits per heavy atom. The monoisotopic (exact) mass is 268 g/mol. The highest BCUT2D eigenvalue weighted by atomic mass is 32.2. The first-order valence-electron chi connectivity index (χ1n) is 4.62. The van der Waals surface area contributed by atoms with Crippen LogP contribution in [0.5, 0.6) is 0 Å². The van der Waals surface area contributed by atoms with E-state index < -0.39 is 32.4 Å². The van der Waals surface area contributed by atoms with Crippen molar-refractivity contribution in [3.63, 3.8) is 0 Å². The van der Waals surface area contributed by atoms with Gasteiger partial charge in [0.2, 0.25) is 10.0 Å². The maximum Gasteiger partial charge on any atom is 0.245 e. The standard InChI is InChI=1S/C9H11F3N2O2S/c1-14(5-4-13)17(15,16)7-3-2-6(10)8(11)9(7)12/h2-3H,4-5,13H2,1H3. The molecular formula is C9H11F3N2O2S. The van der Waals surface area contributed by atoms with Gasteiger partial charge in [-0.15, -0.1) is 0 Å².